The van der Waals surface area contributed by atoms with Gasteiger partial charge in [0.2, 0.25) is 5.28 Å². The van der Waals surface area contributed by atoms with Gasteiger partial charge >= 0.3 is 0 Å². The summed E-state index contributed by atoms with van der Waals surface area (Å²) >= 11 is 6.06. The minimum atomic E-state index is -2.85. The number of nitrogens with one attached hydrogen (secondary N) is 1. The molecule has 31 heavy (non-hydrogen) atoms. The summed E-state index contributed by atoms with van der Waals surface area (Å²) in [4.78, 5) is 17.5. The van der Waals surface area contributed by atoms with Crippen LogP contribution in [0.3, 0.4) is 0 Å². The molecule has 1 aliphatic rings. The van der Waals surface area contributed by atoms with Crippen LogP contribution < -0.4 is 10.2 Å². The maximum atomic E-state index is 14.3. The van der Waals surface area contributed by atoms with Crippen molar-refractivity contribution in [1.29, 1.82) is 0 Å². The van der Waals surface area contributed by atoms with Crippen molar-refractivity contribution in [3.05, 3.63) is 52.7 Å². The van der Waals surface area contributed by atoms with Crippen molar-refractivity contribution in [3.63, 3.8) is 0 Å². The summed E-state index contributed by atoms with van der Waals surface area (Å²) in [5, 5.41) is 3.96. The molecule has 1 saturated heterocycles. The zero-order valence-corrected chi connectivity index (χ0v) is 17.7. The monoisotopic (exact) mass is 450 g/mol. The molecule has 1 aromatic carbocycles. The molecule has 0 radical (unpaired) electrons. The Hall–Kier alpha value is -2.65. The highest BCUT2D eigenvalue weighted by atomic mass is 35.5. The molecule has 0 spiro atoms. The predicted molar refractivity (Wildman–Crippen MR) is 116 cm³/mol. The van der Waals surface area contributed by atoms with Gasteiger partial charge in [-0.3, -0.25) is 0 Å². The number of likely N-dealkylation sites (N-methyl/N-ethyl adjacent to an activating group) is 1. The average molecular weight is 451 g/mol. The van der Waals surface area contributed by atoms with E-state index in [2.05, 4.69) is 37.1 Å². The molecular formula is C21H22ClF3N6. The van der Waals surface area contributed by atoms with Gasteiger partial charge in [0.05, 0.1) is 17.3 Å². The van der Waals surface area contributed by atoms with Crippen LogP contribution in [0.25, 0.3) is 10.9 Å². The molecule has 0 bridgehead atoms. The molecular weight excluding hydrogens is 429 g/mol. The highest BCUT2D eigenvalue weighted by Crippen LogP contribution is 2.27. The lowest BCUT2D eigenvalue weighted by Gasteiger charge is -2.33. The molecule has 1 fully saturated rings. The first-order chi connectivity index (χ1) is 14.9. The molecule has 2 aromatic heterocycles. The molecule has 0 atom stereocenters. The van der Waals surface area contributed by atoms with Crippen molar-refractivity contribution in [1.82, 2.24) is 19.9 Å². The van der Waals surface area contributed by atoms with Crippen molar-refractivity contribution in [2.24, 2.45) is 0 Å². The lowest BCUT2D eigenvalue weighted by molar-refractivity contribution is 0.146. The molecule has 0 unspecified atom stereocenters. The Balaban J connectivity index is 1.54. The van der Waals surface area contributed by atoms with Crippen molar-refractivity contribution in [3.8, 4) is 0 Å². The molecule has 3 aromatic rings. The smallest absolute Gasteiger partial charge is 0.266 e. The second-order valence-corrected chi connectivity index (χ2v) is 7.83. The van der Waals surface area contributed by atoms with Crippen molar-refractivity contribution >= 4 is 34.1 Å². The Morgan fingerprint density at radius 2 is 1.94 bits per heavy atom. The SMILES string of the molecule is CN1CCN(c2cc3c(NCCc4cccc(C(F)F)c4F)nc(Cl)nc3cn2)CC1. The largest absolute Gasteiger partial charge is 0.369 e. The number of alkyl halides is 2. The van der Waals surface area contributed by atoms with Gasteiger partial charge in [0.25, 0.3) is 6.43 Å². The van der Waals surface area contributed by atoms with Gasteiger partial charge in [0.15, 0.2) is 0 Å². The van der Waals surface area contributed by atoms with Crippen LogP contribution in [0.1, 0.15) is 17.6 Å². The molecule has 164 valence electrons. The second-order valence-electron chi connectivity index (χ2n) is 7.49. The highest BCUT2D eigenvalue weighted by Gasteiger charge is 2.18. The van der Waals surface area contributed by atoms with E-state index < -0.39 is 17.8 Å². The maximum Gasteiger partial charge on any atom is 0.266 e. The Morgan fingerprint density at radius 3 is 2.68 bits per heavy atom. The maximum absolute atomic E-state index is 14.3. The van der Waals surface area contributed by atoms with Gasteiger partial charge in [-0.05, 0) is 36.7 Å². The summed E-state index contributed by atoms with van der Waals surface area (Å²) in [5.74, 6) is 0.454. The van der Waals surface area contributed by atoms with Crippen molar-refractivity contribution in [2.75, 3.05) is 50.0 Å². The first-order valence-corrected chi connectivity index (χ1v) is 10.4. The number of anilines is 2. The van der Waals surface area contributed by atoms with Gasteiger partial charge in [-0.2, -0.15) is 0 Å². The first kappa shape index (κ1) is 21.6. The van der Waals surface area contributed by atoms with E-state index in [0.29, 0.717) is 11.3 Å². The fourth-order valence-corrected chi connectivity index (χ4v) is 3.79. The van der Waals surface area contributed by atoms with Gasteiger partial charge in [-0.25, -0.2) is 28.1 Å². The minimum Gasteiger partial charge on any atom is -0.369 e. The van der Waals surface area contributed by atoms with Gasteiger partial charge in [0.1, 0.15) is 17.5 Å². The zero-order valence-electron chi connectivity index (χ0n) is 17.0. The highest BCUT2D eigenvalue weighted by molar-refractivity contribution is 6.28. The van der Waals surface area contributed by atoms with Gasteiger partial charge in [-0.15, -0.1) is 0 Å². The lowest BCUT2D eigenvalue weighted by Crippen LogP contribution is -2.44. The molecule has 6 nitrogen and oxygen atoms in total. The number of pyridine rings is 1. The van der Waals surface area contributed by atoms with E-state index in [1.54, 1.807) is 6.20 Å². The molecule has 0 amide bonds. The lowest BCUT2D eigenvalue weighted by atomic mass is 10.1. The minimum absolute atomic E-state index is 0.0648. The van der Waals surface area contributed by atoms with Crippen LogP contribution in [0.4, 0.5) is 24.8 Å². The quantitative estimate of drug-likeness (QED) is 0.569. The molecule has 1 N–H and O–H groups in total. The summed E-state index contributed by atoms with van der Waals surface area (Å²) in [6, 6.07) is 5.95. The number of aromatic nitrogens is 3. The number of piperazine rings is 1. The van der Waals surface area contributed by atoms with Crippen LogP contribution in [0.2, 0.25) is 5.28 Å². The van der Waals surface area contributed by atoms with E-state index in [9.17, 15) is 13.2 Å². The average Bonchev–Trinajstić information content (AvgIpc) is 2.75. The summed E-state index contributed by atoms with van der Waals surface area (Å²) < 4.78 is 40.1. The number of hydrogen-bond acceptors (Lipinski definition) is 6. The molecule has 3 heterocycles. The summed E-state index contributed by atoms with van der Waals surface area (Å²) in [6.07, 6.45) is -0.975. The number of halogens is 4. The zero-order chi connectivity index (χ0) is 22.0. The van der Waals surface area contributed by atoms with E-state index in [1.807, 2.05) is 6.07 Å². The van der Waals surface area contributed by atoms with Gasteiger partial charge in [-0.1, -0.05) is 18.2 Å². The number of nitrogens with zero attached hydrogens (tertiary/aromatic N) is 5. The van der Waals surface area contributed by atoms with Crippen LogP contribution >= 0.6 is 11.6 Å². The van der Waals surface area contributed by atoms with Crippen LogP contribution in [-0.2, 0) is 6.42 Å². The van der Waals surface area contributed by atoms with E-state index in [4.69, 9.17) is 11.6 Å². The van der Waals surface area contributed by atoms with Crippen LogP contribution in [0.15, 0.2) is 30.5 Å². The van der Waals surface area contributed by atoms with E-state index in [0.717, 1.165) is 43.4 Å². The van der Waals surface area contributed by atoms with Crippen LogP contribution in [-0.4, -0.2) is 59.6 Å². The fourth-order valence-electron chi connectivity index (χ4n) is 3.61. The second kappa shape index (κ2) is 9.23. The third-order valence-electron chi connectivity index (χ3n) is 5.40. The van der Waals surface area contributed by atoms with E-state index in [-0.39, 0.29) is 23.8 Å². The third kappa shape index (κ3) is 4.83. The number of rotatable bonds is 6. The molecule has 0 aliphatic carbocycles. The van der Waals surface area contributed by atoms with Crippen molar-refractivity contribution in [2.45, 2.75) is 12.8 Å². The van der Waals surface area contributed by atoms with Gasteiger partial charge < -0.3 is 15.1 Å². The predicted octanol–water partition coefficient (Wildman–Crippen LogP) is 4.16. The standard InChI is InChI=1S/C21H22ClF3N6/c1-30-7-9-31(10-8-30)17-11-15-16(12-27-17)28-21(22)29-20(15)26-6-5-13-3-2-4-14(18(13)23)19(24)25/h2-4,11-12,19H,5-10H2,1H3,(H,26,28,29). The number of benzene rings is 1. The Morgan fingerprint density at radius 1 is 1.16 bits per heavy atom. The Labute approximate surface area is 183 Å². The normalized spacial score (nSPS) is 15.1. The number of fused-ring (bicyclic) bond motifs is 1. The molecule has 1 aliphatic heterocycles. The Bertz CT molecular complexity index is 1070. The van der Waals surface area contributed by atoms with Crippen LogP contribution in [0, 0.1) is 5.82 Å². The van der Waals surface area contributed by atoms with Gasteiger partial charge in [0, 0.05) is 38.1 Å². The summed E-state index contributed by atoms with van der Waals surface area (Å²) in [7, 11) is 2.09. The van der Waals surface area contributed by atoms with E-state index in [1.165, 1.54) is 12.1 Å². The van der Waals surface area contributed by atoms with Crippen LogP contribution in [0.5, 0.6) is 0 Å². The molecule has 10 heteroatoms. The van der Waals surface area contributed by atoms with Crippen molar-refractivity contribution < 1.29 is 13.2 Å². The Kier molecular flexibility index (Phi) is 6.43. The summed E-state index contributed by atoms with van der Waals surface area (Å²) in [5.41, 5.74) is 0.219. The fraction of sp³-hybridized carbons (Fsp3) is 0.381. The van der Waals surface area contributed by atoms with E-state index >= 15 is 0 Å². The third-order valence-corrected chi connectivity index (χ3v) is 5.57. The topological polar surface area (TPSA) is 57.2 Å². The summed E-state index contributed by atoms with van der Waals surface area (Å²) in [6.45, 7) is 3.92. The first-order valence-electron chi connectivity index (χ1n) is 9.98. The molecule has 4 rings (SSSR count). The molecule has 0 saturated carbocycles. The number of hydrogen-bond donors (Lipinski definition) is 1.